The number of carboxylic acid groups (broad SMARTS) is 1. The molecule has 1 aliphatic heterocycles. The number of rotatable bonds is 9. The van der Waals surface area contributed by atoms with Gasteiger partial charge in [-0.2, -0.15) is 0 Å². The predicted octanol–water partition coefficient (Wildman–Crippen LogP) is 4.94. The van der Waals surface area contributed by atoms with Crippen LogP contribution in [0.2, 0.25) is 0 Å². The number of methoxy groups -OCH3 is 1. The lowest BCUT2D eigenvalue weighted by Crippen LogP contribution is -2.62. The van der Waals surface area contributed by atoms with Gasteiger partial charge in [-0.15, -0.1) is 11.8 Å². The van der Waals surface area contributed by atoms with E-state index >= 15 is 0 Å². The molecular weight excluding hydrogens is 474 g/mol. The van der Waals surface area contributed by atoms with E-state index in [4.69, 9.17) is 9.72 Å². The summed E-state index contributed by atoms with van der Waals surface area (Å²) >= 11 is 1.66. The first-order valence-electron chi connectivity index (χ1n) is 13.8. The van der Waals surface area contributed by atoms with E-state index in [0.717, 1.165) is 61.2 Å². The van der Waals surface area contributed by atoms with E-state index < -0.39 is 5.97 Å². The number of pyridine rings is 1. The van der Waals surface area contributed by atoms with Crippen LogP contribution in [0, 0.1) is 23.7 Å². The molecule has 0 spiro atoms. The Morgan fingerprint density at radius 1 is 1.25 bits per heavy atom. The minimum absolute atomic E-state index is 0.0369. The molecule has 1 N–H and O–H groups in total. The largest absolute Gasteiger partial charge is 0.481 e. The minimum Gasteiger partial charge on any atom is -0.481 e. The van der Waals surface area contributed by atoms with E-state index in [0.29, 0.717) is 23.9 Å². The van der Waals surface area contributed by atoms with Gasteiger partial charge in [0.25, 0.3) is 5.91 Å². The summed E-state index contributed by atoms with van der Waals surface area (Å²) in [5, 5.41) is 10.0. The maximum absolute atomic E-state index is 13.9. The van der Waals surface area contributed by atoms with Gasteiger partial charge in [0.2, 0.25) is 0 Å². The van der Waals surface area contributed by atoms with Crippen molar-refractivity contribution in [3.8, 4) is 0 Å². The Hall–Kier alpha value is -1.80. The molecule has 5 fully saturated rings. The standard InChI is InChI=1S/C28H41N3O4S/c1-4-10-36-26-22(7-8-23(29-26)31-9-5-6-18(17-31)13-24(32)33)27(34)30(2)25-20-11-19-12-21(25)16-28(14-19,15-20)35-3/h7-8,18-21,25H,4-6,9-17H2,1-3H3,(H,32,33)/t18-,19?,20?,21?,25?,28?/m0/s1. The number of carbonyl (C=O) groups excluding carboxylic acids is 1. The van der Waals surface area contributed by atoms with Crippen LogP contribution in [-0.2, 0) is 9.53 Å². The number of piperidine rings is 1. The average Bonchev–Trinajstić information content (AvgIpc) is 2.86. The van der Waals surface area contributed by atoms with Gasteiger partial charge >= 0.3 is 5.97 Å². The van der Waals surface area contributed by atoms with E-state index in [1.165, 1.54) is 19.3 Å². The molecule has 3 atom stereocenters. The summed E-state index contributed by atoms with van der Waals surface area (Å²) in [5.41, 5.74) is 0.740. The van der Waals surface area contributed by atoms with Crippen molar-refractivity contribution in [1.29, 1.82) is 0 Å². The lowest BCUT2D eigenvalue weighted by molar-refractivity contribution is -0.168. The Kier molecular flexibility index (Phi) is 7.55. The number of aliphatic carboxylic acids is 1. The molecule has 4 bridgehead atoms. The van der Waals surface area contributed by atoms with E-state index in [-0.39, 0.29) is 29.9 Å². The summed E-state index contributed by atoms with van der Waals surface area (Å²) in [6, 6.07) is 4.21. The molecule has 6 rings (SSSR count). The van der Waals surface area contributed by atoms with Crippen molar-refractivity contribution in [3.63, 3.8) is 0 Å². The van der Waals surface area contributed by atoms with Crippen LogP contribution in [0.1, 0.15) is 75.1 Å². The van der Waals surface area contributed by atoms with Crippen LogP contribution in [0.4, 0.5) is 5.82 Å². The van der Waals surface area contributed by atoms with Gasteiger partial charge in [0.15, 0.2) is 0 Å². The topological polar surface area (TPSA) is 83.0 Å². The van der Waals surface area contributed by atoms with Crippen molar-refractivity contribution in [2.45, 2.75) is 81.4 Å². The quantitative estimate of drug-likeness (QED) is 0.467. The van der Waals surface area contributed by atoms with Crippen LogP contribution in [0.3, 0.4) is 0 Å². The van der Waals surface area contributed by atoms with Crippen molar-refractivity contribution < 1.29 is 19.4 Å². The van der Waals surface area contributed by atoms with Crippen LogP contribution < -0.4 is 4.90 Å². The van der Waals surface area contributed by atoms with Gasteiger partial charge in [-0.3, -0.25) is 9.59 Å². The van der Waals surface area contributed by atoms with Crippen LogP contribution in [0.15, 0.2) is 17.2 Å². The molecule has 4 saturated carbocycles. The first-order valence-corrected chi connectivity index (χ1v) is 14.7. The molecule has 1 saturated heterocycles. The summed E-state index contributed by atoms with van der Waals surface area (Å²) < 4.78 is 6.03. The van der Waals surface area contributed by atoms with E-state index in [1.807, 2.05) is 31.2 Å². The Morgan fingerprint density at radius 2 is 2.00 bits per heavy atom. The Bertz CT molecular complexity index is 972. The number of aromatic nitrogens is 1. The van der Waals surface area contributed by atoms with Crippen LogP contribution in [0.25, 0.3) is 0 Å². The zero-order valence-electron chi connectivity index (χ0n) is 21.9. The molecule has 1 amide bonds. The lowest BCUT2D eigenvalue weighted by Gasteiger charge is -2.60. The van der Waals surface area contributed by atoms with E-state index in [9.17, 15) is 14.7 Å². The first-order chi connectivity index (χ1) is 17.3. The van der Waals surface area contributed by atoms with Gasteiger partial charge in [-0.25, -0.2) is 4.98 Å². The van der Waals surface area contributed by atoms with E-state index in [1.54, 1.807) is 11.8 Å². The number of hydrogen-bond donors (Lipinski definition) is 1. The maximum Gasteiger partial charge on any atom is 0.303 e. The number of hydrogen-bond acceptors (Lipinski definition) is 6. The second-order valence-electron chi connectivity index (χ2n) is 11.7. The Morgan fingerprint density at radius 3 is 2.67 bits per heavy atom. The summed E-state index contributed by atoms with van der Waals surface area (Å²) in [7, 11) is 3.87. The molecule has 0 radical (unpaired) electrons. The fraction of sp³-hybridized carbons (Fsp3) is 0.750. The number of anilines is 1. The third-order valence-electron chi connectivity index (χ3n) is 9.19. The minimum atomic E-state index is -0.737. The Labute approximate surface area is 219 Å². The monoisotopic (exact) mass is 515 g/mol. The first kappa shape index (κ1) is 25.8. The number of ether oxygens (including phenoxy) is 1. The highest BCUT2D eigenvalue weighted by Crippen LogP contribution is 2.58. The molecule has 8 heteroatoms. The predicted molar refractivity (Wildman–Crippen MR) is 142 cm³/mol. The Balaban J connectivity index is 1.36. The molecule has 4 aliphatic carbocycles. The zero-order valence-corrected chi connectivity index (χ0v) is 22.8. The number of thioether (sulfide) groups is 1. The van der Waals surface area contributed by atoms with Crippen LogP contribution in [0.5, 0.6) is 0 Å². The smallest absolute Gasteiger partial charge is 0.303 e. The van der Waals surface area contributed by atoms with Crippen molar-refractivity contribution >= 4 is 29.5 Å². The second-order valence-corrected chi connectivity index (χ2v) is 12.8. The molecule has 5 aliphatic rings. The van der Waals surface area contributed by atoms with Gasteiger partial charge in [-0.1, -0.05) is 6.92 Å². The third kappa shape index (κ3) is 5.00. The zero-order chi connectivity index (χ0) is 25.4. The molecule has 2 heterocycles. The molecule has 1 aromatic heterocycles. The second kappa shape index (κ2) is 10.5. The SMILES string of the molecule is CCCSc1nc(N2CCC[C@@H](CC(=O)O)C2)ccc1C(=O)N(C)C1C2CC3CC1CC(OC)(C3)C2. The fourth-order valence-corrected chi connectivity index (χ4v) is 8.76. The molecule has 7 nitrogen and oxygen atoms in total. The summed E-state index contributed by atoms with van der Waals surface area (Å²) in [6.07, 6.45) is 8.87. The van der Waals surface area contributed by atoms with Gasteiger partial charge in [0.05, 0.1) is 11.2 Å². The van der Waals surface area contributed by atoms with Crippen molar-refractivity contribution in [3.05, 3.63) is 17.7 Å². The summed E-state index contributed by atoms with van der Waals surface area (Å²) in [6.45, 7) is 3.73. The number of nitrogens with zero attached hydrogens (tertiary/aromatic N) is 3. The normalized spacial score (nSPS) is 33.1. The lowest BCUT2D eigenvalue weighted by atomic mass is 9.52. The fourth-order valence-electron chi connectivity index (χ4n) is 7.90. The molecule has 1 aromatic rings. The highest BCUT2D eigenvalue weighted by atomic mass is 32.2. The van der Waals surface area contributed by atoms with Gasteiger partial charge in [-0.05, 0) is 92.9 Å². The number of amides is 1. The van der Waals surface area contributed by atoms with Gasteiger partial charge in [0, 0.05) is 39.7 Å². The highest BCUT2D eigenvalue weighted by Gasteiger charge is 2.57. The third-order valence-corrected chi connectivity index (χ3v) is 10.4. The molecule has 0 aromatic carbocycles. The average molecular weight is 516 g/mol. The van der Waals surface area contributed by atoms with Crippen molar-refractivity contribution in [1.82, 2.24) is 9.88 Å². The van der Waals surface area contributed by atoms with Gasteiger partial charge < -0.3 is 19.6 Å². The molecule has 36 heavy (non-hydrogen) atoms. The molecule has 198 valence electrons. The molecule has 2 unspecified atom stereocenters. The van der Waals surface area contributed by atoms with Crippen molar-refractivity contribution in [2.24, 2.45) is 23.7 Å². The number of carbonyl (C=O) groups is 2. The van der Waals surface area contributed by atoms with Crippen LogP contribution in [-0.4, -0.2) is 71.5 Å². The summed E-state index contributed by atoms with van der Waals surface area (Å²) in [5.74, 6) is 3.04. The highest BCUT2D eigenvalue weighted by molar-refractivity contribution is 7.99. The summed E-state index contributed by atoms with van der Waals surface area (Å²) in [4.78, 5) is 34.4. The van der Waals surface area contributed by atoms with Crippen LogP contribution >= 0.6 is 11.8 Å². The molecular formula is C28H41N3O4S. The van der Waals surface area contributed by atoms with Gasteiger partial charge in [0.1, 0.15) is 10.8 Å². The maximum atomic E-state index is 13.9. The van der Waals surface area contributed by atoms with Crippen molar-refractivity contribution in [2.75, 3.05) is 37.9 Å². The van der Waals surface area contributed by atoms with E-state index in [2.05, 4.69) is 11.8 Å². The number of carboxylic acids is 1.